The van der Waals surface area contributed by atoms with Gasteiger partial charge < -0.3 is 10.4 Å². The molecule has 0 aliphatic carbocycles. The summed E-state index contributed by atoms with van der Waals surface area (Å²) < 4.78 is 0. The van der Waals surface area contributed by atoms with Crippen LogP contribution in [0, 0.1) is 5.92 Å². The van der Waals surface area contributed by atoms with Crippen LogP contribution >= 0.6 is 12.6 Å². The molecule has 1 unspecified atom stereocenters. The first-order valence-electron chi connectivity index (χ1n) is 14.2. The third kappa shape index (κ3) is 24.7. The van der Waals surface area contributed by atoms with E-state index in [1.807, 2.05) is 0 Å². The van der Waals surface area contributed by atoms with E-state index >= 15 is 0 Å². The van der Waals surface area contributed by atoms with Gasteiger partial charge in [0.15, 0.2) is 0 Å². The summed E-state index contributed by atoms with van der Waals surface area (Å²) in [5.74, 6) is 1.92. The number of aliphatic hydroxyl groups excluding tert-OH is 1. The number of aliphatic hydroxyl groups is 1. The molecular weight excluding hydrogens is 398 g/mol. The number of hydrogen-bond donors (Lipinski definition) is 3. The summed E-state index contributed by atoms with van der Waals surface area (Å²) in [5, 5.41) is 13.5. The molecule has 0 rings (SSSR count). The van der Waals surface area contributed by atoms with Crippen LogP contribution in [-0.2, 0) is 0 Å². The van der Waals surface area contributed by atoms with Crippen molar-refractivity contribution < 1.29 is 5.11 Å². The van der Waals surface area contributed by atoms with Crippen molar-refractivity contribution in [1.29, 1.82) is 0 Å². The number of nitrogens with one attached hydrogen (secondary N) is 1. The van der Waals surface area contributed by atoms with E-state index in [9.17, 15) is 5.11 Å². The van der Waals surface area contributed by atoms with Gasteiger partial charge in [-0.2, -0.15) is 12.6 Å². The molecule has 0 bridgehead atoms. The van der Waals surface area contributed by atoms with E-state index < -0.39 is 0 Å². The van der Waals surface area contributed by atoms with Gasteiger partial charge in [0.2, 0.25) is 0 Å². The zero-order valence-electron chi connectivity index (χ0n) is 21.5. The Morgan fingerprint density at radius 3 is 1.55 bits per heavy atom. The molecule has 2 nitrogen and oxygen atoms in total. The van der Waals surface area contributed by atoms with Crippen LogP contribution in [0.2, 0.25) is 0 Å². The molecular formula is C28H59NOS. The molecule has 0 heterocycles. The van der Waals surface area contributed by atoms with Crippen molar-refractivity contribution in [2.45, 2.75) is 155 Å². The lowest BCUT2D eigenvalue weighted by Crippen LogP contribution is -2.27. The number of unbranched alkanes of at least 4 members (excludes halogenated alkanes) is 13. The molecule has 0 radical (unpaired) electrons. The zero-order valence-corrected chi connectivity index (χ0v) is 22.4. The second-order valence-corrected chi connectivity index (χ2v) is 10.4. The van der Waals surface area contributed by atoms with Gasteiger partial charge in [-0.1, -0.05) is 129 Å². The second-order valence-electron chi connectivity index (χ2n) is 9.91. The number of thiol groups is 1. The van der Waals surface area contributed by atoms with Gasteiger partial charge in [0, 0.05) is 6.54 Å². The lowest BCUT2D eigenvalue weighted by Gasteiger charge is -2.17. The molecule has 31 heavy (non-hydrogen) atoms. The van der Waals surface area contributed by atoms with Crippen molar-refractivity contribution >= 4 is 12.6 Å². The van der Waals surface area contributed by atoms with E-state index in [0.29, 0.717) is 0 Å². The lowest BCUT2D eigenvalue weighted by molar-refractivity contribution is 0.157. The fourth-order valence-electron chi connectivity index (χ4n) is 4.58. The average Bonchev–Trinajstić information content (AvgIpc) is 2.77. The molecule has 2 N–H and O–H groups in total. The van der Waals surface area contributed by atoms with Crippen LogP contribution in [0.3, 0.4) is 0 Å². The fourth-order valence-corrected chi connectivity index (χ4v) is 4.81. The Hall–Kier alpha value is 0.270. The summed E-state index contributed by atoms with van der Waals surface area (Å²) in [6, 6.07) is 0. The monoisotopic (exact) mass is 457 g/mol. The maximum absolute atomic E-state index is 10.1. The van der Waals surface area contributed by atoms with Crippen LogP contribution in [-0.4, -0.2) is 30.1 Å². The van der Waals surface area contributed by atoms with Crippen LogP contribution in [0.25, 0.3) is 0 Å². The lowest BCUT2D eigenvalue weighted by atomic mass is 9.89. The third-order valence-corrected chi connectivity index (χ3v) is 7.04. The number of rotatable bonds is 26. The zero-order chi connectivity index (χ0) is 22.8. The molecule has 0 saturated carbocycles. The molecule has 1 atom stereocenters. The molecule has 0 aliphatic rings. The van der Waals surface area contributed by atoms with Gasteiger partial charge in [0.1, 0.15) is 0 Å². The Balaban J connectivity index is 3.86. The van der Waals surface area contributed by atoms with Gasteiger partial charge >= 0.3 is 0 Å². The molecule has 0 spiro atoms. The van der Waals surface area contributed by atoms with Crippen LogP contribution in [0.1, 0.15) is 149 Å². The highest BCUT2D eigenvalue weighted by Crippen LogP contribution is 2.24. The van der Waals surface area contributed by atoms with E-state index in [0.717, 1.165) is 44.0 Å². The Labute approximate surface area is 202 Å². The van der Waals surface area contributed by atoms with Crippen molar-refractivity contribution in [2.24, 2.45) is 5.92 Å². The van der Waals surface area contributed by atoms with E-state index in [1.54, 1.807) is 0 Å². The fraction of sp³-hybridized carbons (Fsp3) is 1.00. The van der Waals surface area contributed by atoms with Gasteiger partial charge in [-0.05, 0) is 37.5 Å². The molecule has 0 aromatic carbocycles. The Kier molecular flexibility index (Phi) is 26.8. The summed E-state index contributed by atoms with van der Waals surface area (Å²) in [6.07, 6.45) is 28.3. The minimum atomic E-state index is -0.168. The smallest absolute Gasteiger partial charge is 0.0664 e. The predicted molar refractivity (Wildman–Crippen MR) is 145 cm³/mol. The van der Waals surface area contributed by atoms with Crippen molar-refractivity contribution in [3.8, 4) is 0 Å². The van der Waals surface area contributed by atoms with Crippen molar-refractivity contribution in [3.63, 3.8) is 0 Å². The first kappa shape index (κ1) is 31.3. The second kappa shape index (κ2) is 26.5. The first-order valence-corrected chi connectivity index (χ1v) is 14.9. The summed E-state index contributed by atoms with van der Waals surface area (Å²) >= 11 is 4.24. The first-order chi connectivity index (χ1) is 15.2. The minimum absolute atomic E-state index is 0.168. The Morgan fingerprint density at radius 1 is 0.581 bits per heavy atom. The van der Waals surface area contributed by atoms with Crippen LogP contribution in [0.4, 0.5) is 0 Å². The number of hydrogen-bond acceptors (Lipinski definition) is 3. The molecule has 188 valence electrons. The van der Waals surface area contributed by atoms with Crippen LogP contribution in [0.15, 0.2) is 0 Å². The van der Waals surface area contributed by atoms with Crippen LogP contribution in [0.5, 0.6) is 0 Å². The Morgan fingerprint density at radius 2 is 1.03 bits per heavy atom. The van der Waals surface area contributed by atoms with Crippen LogP contribution < -0.4 is 5.32 Å². The minimum Gasteiger partial charge on any atom is -0.392 e. The van der Waals surface area contributed by atoms with E-state index in [1.165, 1.54) is 116 Å². The molecule has 0 aromatic rings. The largest absolute Gasteiger partial charge is 0.392 e. The van der Waals surface area contributed by atoms with E-state index in [2.05, 4.69) is 31.8 Å². The summed E-state index contributed by atoms with van der Waals surface area (Å²) in [6.45, 7) is 6.37. The Bertz CT molecular complexity index is 310. The van der Waals surface area contributed by atoms with Gasteiger partial charge in [0.05, 0.1) is 6.10 Å². The van der Waals surface area contributed by atoms with Gasteiger partial charge in [-0.3, -0.25) is 0 Å². The maximum atomic E-state index is 10.1. The topological polar surface area (TPSA) is 32.3 Å². The predicted octanol–water partition coefficient (Wildman–Crippen LogP) is 8.71. The summed E-state index contributed by atoms with van der Waals surface area (Å²) in [4.78, 5) is 0. The van der Waals surface area contributed by atoms with Crippen molar-refractivity contribution in [1.82, 2.24) is 5.32 Å². The molecule has 0 aliphatic heterocycles. The molecule has 0 fully saturated rings. The van der Waals surface area contributed by atoms with Gasteiger partial charge in [-0.25, -0.2) is 0 Å². The molecule has 0 saturated heterocycles. The standard InChI is InChI=1S/C28H59NOS/c1-3-5-7-9-11-14-20-27(21-15-12-10-8-6-4-2)22-16-13-17-23-28(30)26-29-24-18-19-25-31/h27-31H,3-26H2,1-2H3. The quantitative estimate of drug-likeness (QED) is 0.0896. The highest BCUT2D eigenvalue weighted by Gasteiger charge is 2.09. The van der Waals surface area contributed by atoms with Gasteiger partial charge in [-0.15, -0.1) is 0 Å². The molecule has 0 amide bonds. The third-order valence-electron chi connectivity index (χ3n) is 6.72. The SMILES string of the molecule is CCCCCCCCC(CCCCCCCC)CCCCCC(O)CNCCCCS. The van der Waals surface area contributed by atoms with Crippen molar-refractivity contribution in [2.75, 3.05) is 18.8 Å². The normalized spacial score (nSPS) is 12.7. The van der Waals surface area contributed by atoms with Gasteiger partial charge in [0.25, 0.3) is 0 Å². The average molecular weight is 458 g/mol. The van der Waals surface area contributed by atoms with E-state index in [-0.39, 0.29) is 6.10 Å². The van der Waals surface area contributed by atoms with E-state index in [4.69, 9.17) is 0 Å². The highest BCUT2D eigenvalue weighted by molar-refractivity contribution is 7.80. The highest BCUT2D eigenvalue weighted by atomic mass is 32.1. The summed E-state index contributed by atoms with van der Waals surface area (Å²) in [5.41, 5.74) is 0. The maximum Gasteiger partial charge on any atom is 0.0664 e. The molecule has 0 aromatic heterocycles. The summed E-state index contributed by atoms with van der Waals surface area (Å²) in [7, 11) is 0. The van der Waals surface area contributed by atoms with Crippen molar-refractivity contribution in [3.05, 3.63) is 0 Å². The molecule has 3 heteroatoms.